The Hall–Kier alpha value is -3.16. The van der Waals surface area contributed by atoms with Crippen LogP contribution in [-0.4, -0.2) is 46.2 Å². The van der Waals surface area contributed by atoms with E-state index in [0.29, 0.717) is 18.7 Å². The second kappa shape index (κ2) is 7.10. The third-order valence-corrected chi connectivity index (χ3v) is 5.58. The summed E-state index contributed by atoms with van der Waals surface area (Å²) in [7, 11) is 0. The van der Waals surface area contributed by atoms with E-state index in [1.807, 2.05) is 18.3 Å². The lowest BCUT2D eigenvalue weighted by Crippen LogP contribution is -2.45. The molecule has 0 unspecified atom stereocenters. The molecule has 28 heavy (non-hydrogen) atoms. The molecule has 1 atom stereocenters. The number of carbonyl (C=O) groups excluding carboxylic acids is 1. The fourth-order valence-corrected chi connectivity index (χ4v) is 4.32. The van der Waals surface area contributed by atoms with Crippen LogP contribution in [0, 0.1) is 5.41 Å². The number of pyridine rings is 2. The van der Waals surface area contributed by atoms with E-state index in [4.69, 9.17) is 5.11 Å². The minimum absolute atomic E-state index is 0.00793. The number of carboxylic acid groups (broad SMARTS) is 1. The zero-order chi connectivity index (χ0) is 19.7. The molecule has 1 N–H and O–H groups in total. The number of carbonyl (C=O) groups is 2. The quantitative estimate of drug-likeness (QED) is 0.858. The van der Waals surface area contributed by atoms with E-state index in [-0.39, 0.29) is 11.3 Å². The number of rotatable bonds is 4. The van der Waals surface area contributed by atoms with Gasteiger partial charge in [0.15, 0.2) is 0 Å². The number of anilines is 2. The van der Waals surface area contributed by atoms with Crippen molar-refractivity contribution in [3.63, 3.8) is 0 Å². The van der Waals surface area contributed by atoms with Gasteiger partial charge in [-0.3, -0.25) is 19.4 Å². The van der Waals surface area contributed by atoms with E-state index >= 15 is 0 Å². The molecule has 4 heterocycles. The zero-order valence-corrected chi connectivity index (χ0v) is 15.5. The van der Waals surface area contributed by atoms with Gasteiger partial charge in [0, 0.05) is 49.9 Å². The molecule has 0 radical (unpaired) electrons. The van der Waals surface area contributed by atoms with Crippen molar-refractivity contribution >= 4 is 23.3 Å². The maximum atomic E-state index is 12.8. The third kappa shape index (κ3) is 3.49. The van der Waals surface area contributed by atoms with Gasteiger partial charge in [0.05, 0.1) is 17.6 Å². The molecule has 1 spiro atoms. The second-order valence-electron chi connectivity index (χ2n) is 7.64. The van der Waals surface area contributed by atoms with Gasteiger partial charge in [-0.15, -0.1) is 0 Å². The first kappa shape index (κ1) is 18.2. The van der Waals surface area contributed by atoms with Crippen molar-refractivity contribution in [2.45, 2.75) is 25.8 Å². The highest BCUT2D eigenvalue weighted by molar-refractivity contribution is 5.96. The van der Waals surface area contributed by atoms with Gasteiger partial charge in [0.1, 0.15) is 6.54 Å². The molecule has 0 aliphatic carbocycles. The molecule has 4 rings (SSSR count). The van der Waals surface area contributed by atoms with Crippen LogP contribution in [0.3, 0.4) is 0 Å². The number of hydrogen-bond donors (Lipinski definition) is 1. The Morgan fingerprint density at radius 3 is 2.79 bits per heavy atom. The number of hydrogen-bond acceptors (Lipinski definition) is 5. The summed E-state index contributed by atoms with van der Waals surface area (Å²) in [6.07, 6.45) is 7.46. The van der Waals surface area contributed by atoms with Crippen LogP contribution in [0.1, 0.15) is 19.3 Å². The van der Waals surface area contributed by atoms with Gasteiger partial charge >= 0.3 is 5.97 Å². The predicted molar refractivity (Wildman–Crippen MR) is 103 cm³/mol. The molecule has 0 bridgehead atoms. The first-order valence-corrected chi connectivity index (χ1v) is 9.33. The summed E-state index contributed by atoms with van der Waals surface area (Å²) in [5.41, 5.74) is 1.08. The van der Waals surface area contributed by atoms with Gasteiger partial charge < -0.3 is 19.5 Å². The average molecular weight is 382 g/mol. The van der Waals surface area contributed by atoms with Crippen LogP contribution in [0.15, 0.2) is 47.7 Å². The molecule has 0 aromatic carbocycles. The average Bonchev–Trinajstić information content (AvgIpc) is 2.99. The molecule has 0 saturated carbocycles. The van der Waals surface area contributed by atoms with Gasteiger partial charge in [0.25, 0.3) is 5.56 Å². The Morgan fingerprint density at radius 2 is 2.04 bits per heavy atom. The lowest BCUT2D eigenvalue weighted by Gasteiger charge is -2.41. The Balaban J connectivity index is 1.57. The number of amides is 1. The lowest BCUT2D eigenvalue weighted by atomic mass is 9.79. The first-order valence-electron chi connectivity index (χ1n) is 9.33. The molecule has 2 aromatic heterocycles. The highest BCUT2D eigenvalue weighted by Gasteiger charge is 2.46. The highest BCUT2D eigenvalue weighted by Crippen LogP contribution is 2.42. The minimum Gasteiger partial charge on any atom is -0.480 e. The minimum atomic E-state index is -1.09. The second-order valence-corrected chi connectivity index (χ2v) is 7.64. The van der Waals surface area contributed by atoms with Gasteiger partial charge in [-0.2, -0.15) is 0 Å². The number of aromatic nitrogens is 2. The summed E-state index contributed by atoms with van der Waals surface area (Å²) in [4.78, 5) is 43.8. The molecule has 8 heteroatoms. The molecule has 2 saturated heterocycles. The smallest absolute Gasteiger partial charge is 0.323 e. The molecular weight excluding hydrogens is 360 g/mol. The van der Waals surface area contributed by atoms with E-state index in [2.05, 4.69) is 9.88 Å². The summed E-state index contributed by atoms with van der Waals surface area (Å²) in [6, 6.07) is 6.86. The maximum absolute atomic E-state index is 12.8. The maximum Gasteiger partial charge on any atom is 0.323 e. The fourth-order valence-electron chi connectivity index (χ4n) is 4.32. The first-order chi connectivity index (χ1) is 13.5. The van der Waals surface area contributed by atoms with Crippen LogP contribution in [0.4, 0.5) is 11.4 Å². The van der Waals surface area contributed by atoms with Crippen molar-refractivity contribution < 1.29 is 14.7 Å². The Kier molecular flexibility index (Phi) is 4.62. The highest BCUT2D eigenvalue weighted by atomic mass is 16.4. The van der Waals surface area contributed by atoms with Crippen molar-refractivity contribution in [2.24, 2.45) is 5.41 Å². The zero-order valence-electron chi connectivity index (χ0n) is 15.5. The summed E-state index contributed by atoms with van der Waals surface area (Å²) < 4.78 is 1.12. The number of aliphatic carboxylic acids is 1. The van der Waals surface area contributed by atoms with E-state index in [1.54, 1.807) is 17.2 Å². The standard InChI is InChI=1S/C20H22N4O4/c25-17-5-4-16(11-23(17)12-19(27)28)24-14-20(9-18(24)26)6-2-8-22(13-20)15-3-1-7-21-10-15/h1,3-5,7,10-11H,2,6,8-9,12-14H2,(H,27,28)/t20-/m1/s1. The van der Waals surface area contributed by atoms with Gasteiger partial charge in [-0.25, -0.2) is 0 Å². The van der Waals surface area contributed by atoms with Crippen molar-refractivity contribution in [3.05, 3.63) is 53.2 Å². The monoisotopic (exact) mass is 382 g/mol. The third-order valence-electron chi connectivity index (χ3n) is 5.58. The van der Waals surface area contributed by atoms with Crippen LogP contribution in [-0.2, 0) is 16.1 Å². The molecule has 2 aliphatic rings. The normalized spacial score (nSPS) is 22.1. The number of piperidine rings is 1. The fraction of sp³-hybridized carbons (Fsp3) is 0.400. The summed E-state index contributed by atoms with van der Waals surface area (Å²) in [5, 5.41) is 8.98. The van der Waals surface area contributed by atoms with E-state index in [9.17, 15) is 14.4 Å². The largest absolute Gasteiger partial charge is 0.480 e. The van der Waals surface area contributed by atoms with Crippen molar-refractivity contribution in [1.82, 2.24) is 9.55 Å². The molecule has 2 aliphatic heterocycles. The topological polar surface area (TPSA) is 95.7 Å². The van der Waals surface area contributed by atoms with Crippen LogP contribution >= 0.6 is 0 Å². The van der Waals surface area contributed by atoms with Crippen molar-refractivity contribution in [2.75, 3.05) is 29.4 Å². The van der Waals surface area contributed by atoms with Crippen LogP contribution in [0.25, 0.3) is 0 Å². The lowest BCUT2D eigenvalue weighted by molar-refractivity contribution is -0.137. The SMILES string of the molecule is O=C(O)Cn1cc(N2C[C@]3(CCCN(c4cccnc4)C3)CC2=O)ccc1=O. The molecular formula is C20H22N4O4. The number of nitrogens with zero attached hydrogens (tertiary/aromatic N) is 4. The van der Waals surface area contributed by atoms with Crippen LogP contribution < -0.4 is 15.4 Å². The van der Waals surface area contributed by atoms with Gasteiger partial charge in [0.2, 0.25) is 5.91 Å². The van der Waals surface area contributed by atoms with Gasteiger partial charge in [-0.1, -0.05) is 0 Å². The summed E-state index contributed by atoms with van der Waals surface area (Å²) >= 11 is 0. The Bertz CT molecular complexity index is 958. The molecule has 8 nitrogen and oxygen atoms in total. The molecule has 2 fully saturated rings. The van der Waals surface area contributed by atoms with E-state index in [1.165, 1.54) is 12.3 Å². The van der Waals surface area contributed by atoms with E-state index in [0.717, 1.165) is 36.2 Å². The Labute approximate surface area is 162 Å². The number of carboxylic acids is 1. The molecule has 1 amide bonds. The van der Waals surface area contributed by atoms with Crippen LogP contribution in [0.2, 0.25) is 0 Å². The molecule has 2 aromatic rings. The van der Waals surface area contributed by atoms with E-state index < -0.39 is 18.1 Å². The van der Waals surface area contributed by atoms with Crippen LogP contribution in [0.5, 0.6) is 0 Å². The Morgan fingerprint density at radius 1 is 1.18 bits per heavy atom. The van der Waals surface area contributed by atoms with Crippen molar-refractivity contribution in [3.8, 4) is 0 Å². The summed E-state index contributed by atoms with van der Waals surface area (Å²) in [5.74, 6) is -1.09. The van der Waals surface area contributed by atoms with Gasteiger partial charge in [-0.05, 0) is 31.0 Å². The summed E-state index contributed by atoms with van der Waals surface area (Å²) in [6.45, 7) is 1.85. The van der Waals surface area contributed by atoms with Crippen molar-refractivity contribution in [1.29, 1.82) is 0 Å². The molecule has 146 valence electrons. The predicted octanol–water partition coefficient (Wildman–Crippen LogP) is 1.35.